The largest absolute Gasteiger partial charge is 0.493 e. The number of rotatable bonds is 10. The van der Waals surface area contributed by atoms with Gasteiger partial charge in [0.2, 0.25) is 0 Å². The van der Waals surface area contributed by atoms with Crippen LogP contribution >= 0.6 is 11.6 Å². The summed E-state index contributed by atoms with van der Waals surface area (Å²) < 4.78 is 15.0. The predicted octanol–water partition coefficient (Wildman–Crippen LogP) is 5.47. The monoisotopic (exact) mass is 567 g/mol. The summed E-state index contributed by atoms with van der Waals surface area (Å²) in [6, 6.07) is 9.40. The number of carboxylic acids is 1. The van der Waals surface area contributed by atoms with E-state index in [0.29, 0.717) is 48.7 Å². The minimum atomic E-state index is -1.04. The minimum absolute atomic E-state index is 0.0779. The van der Waals surface area contributed by atoms with Crippen LogP contribution in [0.25, 0.3) is 16.8 Å². The molecule has 0 saturated carbocycles. The fourth-order valence-electron chi connectivity index (χ4n) is 4.39. The Morgan fingerprint density at radius 1 is 1.15 bits per heavy atom. The zero-order valence-corrected chi connectivity index (χ0v) is 24.1. The number of ether oxygens (including phenoxy) is 2. The molecule has 4 aromatic rings. The van der Waals surface area contributed by atoms with Gasteiger partial charge in [-0.25, -0.2) is 14.6 Å². The molecular formula is C29H34ClN5O5. The van der Waals surface area contributed by atoms with E-state index in [1.54, 1.807) is 24.0 Å². The van der Waals surface area contributed by atoms with Crippen LogP contribution in [0, 0.1) is 6.92 Å². The number of halogens is 1. The molecule has 1 aromatic carbocycles. The summed E-state index contributed by atoms with van der Waals surface area (Å²) in [7, 11) is 1.74. The van der Waals surface area contributed by atoms with E-state index in [1.165, 1.54) is 0 Å². The zero-order chi connectivity index (χ0) is 29.0. The van der Waals surface area contributed by atoms with Crippen LogP contribution in [-0.4, -0.2) is 55.1 Å². The first kappa shape index (κ1) is 28.9. The molecule has 0 bridgehead atoms. The van der Waals surface area contributed by atoms with E-state index in [4.69, 9.17) is 21.1 Å². The number of aromatic nitrogens is 4. The van der Waals surface area contributed by atoms with Crippen molar-refractivity contribution < 1.29 is 24.2 Å². The summed E-state index contributed by atoms with van der Waals surface area (Å²) in [6.45, 7) is 8.11. The highest BCUT2D eigenvalue weighted by Gasteiger charge is 2.19. The Bertz CT molecular complexity index is 1540. The molecule has 0 aliphatic rings. The number of hydrogen-bond acceptors (Lipinski definition) is 6. The summed E-state index contributed by atoms with van der Waals surface area (Å²) in [5.74, 6) is -0.409. The Labute approximate surface area is 237 Å². The molecule has 11 heteroatoms. The van der Waals surface area contributed by atoms with Crippen LogP contribution in [0.15, 0.2) is 42.7 Å². The number of aryl methyl sites for hydroxylation is 1. The number of amides is 1. The highest BCUT2D eigenvalue weighted by Crippen LogP contribution is 2.33. The average molecular weight is 568 g/mol. The van der Waals surface area contributed by atoms with Crippen molar-refractivity contribution in [1.29, 1.82) is 0 Å². The van der Waals surface area contributed by atoms with Gasteiger partial charge in [-0.3, -0.25) is 4.68 Å². The van der Waals surface area contributed by atoms with Crippen molar-refractivity contribution in [2.75, 3.05) is 13.2 Å². The second kappa shape index (κ2) is 12.0. The number of hydrogen-bond donors (Lipinski definition) is 2. The van der Waals surface area contributed by atoms with Gasteiger partial charge in [-0.1, -0.05) is 11.6 Å². The molecule has 0 fully saturated rings. The maximum Gasteiger partial charge on any atom is 0.407 e. The predicted molar refractivity (Wildman–Crippen MR) is 152 cm³/mol. The van der Waals surface area contributed by atoms with Gasteiger partial charge in [-0.15, -0.1) is 0 Å². The van der Waals surface area contributed by atoms with Crippen molar-refractivity contribution in [3.8, 4) is 16.9 Å². The summed E-state index contributed by atoms with van der Waals surface area (Å²) in [5.41, 5.74) is 4.56. The van der Waals surface area contributed by atoms with E-state index in [9.17, 15) is 14.7 Å². The van der Waals surface area contributed by atoms with Crippen LogP contribution in [0.5, 0.6) is 5.75 Å². The van der Waals surface area contributed by atoms with Gasteiger partial charge >= 0.3 is 12.1 Å². The molecule has 0 radical (unpaired) electrons. The van der Waals surface area contributed by atoms with E-state index in [1.807, 2.05) is 62.6 Å². The fourth-order valence-corrected chi connectivity index (χ4v) is 4.55. The number of carboxylic acid groups (broad SMARTS) is 1. The molecule has 4 rings (SSSR count). The Hall–Kier alpha value is -4.05. The molecule has 0 saturated heterocycles. The van der Waals surface area contributed by atoms with Crippen molar-refractivity contribution in [2.24, 2.45) is 7.05 Å². The van der Waals surface area contributed by atoms with Gasteiger partial charge in [0.1, 0.15) is 17.0 Å². The quantitative estimate of drug-likeness (QED) is 0.244. The van der Waals surface area contributed by atoms with Gasteiger partial charge in [-0.05, 0) is 70.9 Å². The van der Waals surface area contributed by atoms with Crippen molar-refractivity contribution in [1.82, 2.24) is 24.5 Å². The van der Waals surface area contributed by atoms with E-state index in [0.717, 1.165) is 28.2 Å². The van der Waals surface area contributed by atoms with Gasteiger partial charge < -0.3 is 24.3 Å². The molecular weight excluding hydrogens is 534 g/mol. The number of carbonyl (C=O) groups is 2. The van der Waals surface area contributed by atoms with Crippen LogP contribution in [0.1, 0.15) is 54.6 Å². The van der Waals surface area contributed by atoms with Crippen molar-refractivity contribution in [2.45, 2.75) is 52.6 Å². The number of nitrogens with one attached hydrogen (secondary N) is 1. The van der Waals surface area contributed by atoms with Gasteiger partial charge in [0.15, 0.2) is 5.69 Å². The normalized spacial score (nSPS) is 11.6. The maximum absolute atomic E-state index is 12.0. The summed E-state index contributed by atoms with van der Waals surface area (Å²) in [6.07, 6.45) is 5.02. The van der Waals surface area contributed by atoms with Gasteiger partial charge in [0.05, 0.1) is 6.61 Å². The molecule has 3 aromatic heterocycles. The average Bonchev–Trinajstić information content (AvgIpc) is 3.41. The number of alkyl carbamates (subject to hydrolysis) is 1. The lowest BCUT2D eigenvalue weighted by Gasteiger charge is -2.19. The van der Waals surface area contributed by atoms with E-state index >= 15 is 0 Å². The minimum Gasteiger partial charge on any atom is -0.493 e. The molecule has 2 N–H and O–H groups in total. The van der Waals surface area contributed by atoms with Gasteiger partial charge in [0, 0.05) is 65.5 Å². The first-order valence-corrected chi connectivity index (χ1v) is 13.4. The molecule has 212 valence electrons. The highest BCUT2D eigenvalue weighted by atomic mass is 35.5. The van der Waals surface area contributed by atoms with E-state index < -0.39 is 17.7 Å². The molecule has 3 heterocycles. The zero-order valence-electron chi connectivity index (χ0n) is 23.3. The Morgan fingerprint density at radius 3 is 2.65 bits per heavy atom. The fraction of sp³-hybridized carbons (Fsp3) is 0.379. The third-order valence-corrected chi connectivity index (χ3v) is 6.61. The molecule has 0 aliphatic carbocycles. The molecule has 0 aliphatic heterocycles. The third kappa shape index (κ3) is 6.93. The number of benzene rings is 1. The maximum atomic E-state index is 12.0. The van der Waals surface area contributed by atoms with E-state index in [2.05, 4.69) is 15.4 Å². The number of fused-ring (bicyclic) bond motifs is 1. The topological polar surface area (TPSA) is 120 Å². The second-order valence-electron chi connectivity index (χ2n) is 10.5. The third-order valence-electron chi connectivity index (χ3n) is 6.38. The summed E-state index contributed by atoms with van der Waals surface area (Å²) in [5, 5.41) is 16.9. The molecule has 1 amide bonds. The molecule has 0 unspecified atom stereocenters. The number of aromatic carboxylic acids is 1. The van der Waals surface area contributed by atoms with Crippen LogP contribution in [-0.2, 0) is 24.6 Å². The SMILES string of the molecule is Cc1c(CCCOc2cc(Cl)ccc2-c2ccc3ncc(CCNC(=O)OC(C)(C)C)n3c2)c(C(=O)O)nn1C. The number of nitrogens with zero attached hydrogens (tertiary/aromatic N) is 4. The van der Waals surface area contributed by atoms with Crippen LogP contribution in [0.3, 0.4) is 0 Å². The van der Waals surface area contributed by atoms with Crippen molar-refractivity contribution in [3.63, 3.8) is 0 Å². The Kier molecular flexibility index (Phi) is 8.68. The van der Waals surface area contributed by atoms with Crippen LogP contribution < -0.4 is 10.1 Å². The number of imidazole rings is 1. The number of carbonyl (C=O) groups excluding carboxylic acids is 1. The lowest BCUT2D eigenvalue weighted by Crippen LogP contribution is -2.33. The Morgan fingerprint density at radius 2 is 1.93 bits per heavy atom. The van der Waals surface area contributed by atoms with E-state index in [-0.39, 0.29) is 5.69 Å². The van der Waals surface area contributed by atoms with Gasteiger partial charge in [-0.2, -0.15) is 5.10 Å². The first-order chi connectivity index (χ1) is 18.9. The van der Waals surface area contributed by atoms with Crippen molar-refractivity contribution >= 4 is 29.3 Å². The molecule has 0 atom stereocenters. The first-order valence-electron chi connectivity index (χ1n) is 13.0. The summed E-state index contributed by atoms with van der Waals surface area (Å²) >= 11 is 6.30. The molecule has 10 nitrogen and oxygen atoms in total. The van der Waals surface area contributed by atoms with Gasteiger partial charge in [0.25, 0.3) is 0 Å². The van der Waals surface area contributed by atoms with Crippen LogP contribution in [0.2, 0.25) is 5.02 Å². The standard InChI is InChI=1S/C29H34ClN5O5/c1-18-22(26(27(36)37)33-34(18)5)7-6-14-39-24-15-20(30)9-10-23(24)19-8-11-25-32-16-21(35(25)17-19)12-13-31-28(38)40-29(2,3)4/h8-11,15-17H,6-7,12-14H2,1-5H3,(H,31,38)(H,36,37). The smallest absolute Gasteiger partial charge is 0.407 e. The second-order valence-corrected chi connectivity index (χ2v) is 10.9. The highest BCUT2D eigenvalue weighted by molar-refractivity contribution is 6.30. The van der Waals surface area contributed by atoms with Crippen LogP contribution in [0.4, 0.5) is 4.79 Å². The molecule has 0 spiro atoms. The summed E-state index contributed by atoms with van der Waals surface area (Å²) in [4.78, 5) is 28.0. The lowest BCUT2D eigenvalue weighted by atomic mass is 10.1. The number of pyridine rings is 1. The lowest BCUT2D eigenvalue weighted by molar-refractivity contribution is 0.0527. The van der Waals surface area contributed by atoms with Crippen molar-refractivity contribution in [3.05, 3.63) is 70.4 Å². The Balaban J connectivity index is 1.46. The molecule has 40 heavy (non-hydrogen) atoms.